The van der Waals surface area contributed by atoms with Crippen molar-refractivity contribution in [2.45, 2.75) is 6.92 Å². The molecule has 0 bridgehead atoms. The van der Waals surface area contributed by atoms with Crippen LogP contribution in [0.4, 0.5) is 5.95 Å². The van der Waals surface area contributed by atoms with Gasteiger partial charge in [0.2, 0.25) is 16.0 Å². The fraction of sp³-hybridized carbons (Fsp3) is 0.500. The van der Waals surface area contributed by atoms with Crippen LogP contribution in [-0.4, -0.2) is 60.2 Å². The molecule has 1 rings (SSSR count). The zero-order valence-corrected chi connectivity index (χ0v) is 11.7. The molecule has 1 heterocycles. The molecule has 0 saturated heterocycles. The molecule has 2 N–H and O–H groups in total. The van der Waals surface area contributed by atoms with E-state index < -0.39 is 16.0 Å². The molecule has 0 aliphatic heterocycles. The Morgan fingerprint density at radius 3 is 2.58 bits per heavy atom. The van der Waals surface area contributed by atoms with E-state index in [4.69, 9.17) is 5.11 Å². The van der Waals surface area contributed by atoms with Gasteiger partial charge >= 0.3 is 5.97 Å². The number of carboxylic acids is 1. The molecule has 0 aliphatic carbocycles. The van der Waals surface area contributed by atoms with Crippen LogP contribution in [-0.2, 0) is 10.0 Å². The van der Waals surface area contributed by atoms with E-state index in [1.165, 1.54) is 20.2 Å². The van der Waals surface area contributed by atoms with Crippen molar-refractivity contribution >= 4 is 21.9 Å². The molecular formula is C10H16N4O4S. The normalized spacial score (nSPS) is 11.6. The summed E-state index contributed by atoms with van der Waals surface area (Å²) in [6.45, 7) is 1.74. The molecule has 0 saturated carbocycles. The molecule has 0 aromatic carbocycles. The summed E-state index contributed by atoms with van der Waals surface area (Å²) in [6, 6.07) is 1.34. The Morgan fingerprint density at radius 2 is 2.05 bits per heavy atom. The van der Waals surface area contributed by atoms with E-state index in [9.17, 15) is 13.2 Å². The van der Waals surface area contributed by atoms with Gasteiger partial charge in [0.25, 0.3) is 0 Å². The van der Waals surface area contributed by atoms with Gasteiger partial charge in [0.05, 0.1) is 5.75 Å². The highest BCUT2D eigenvalue weighted by Crippen LogP contribution is 2.05. The van der Waals surface area contributed by atoms with Crippen LogP contribution < -0.4 is 5.32 Å². The second kappa shape index (κ2) is 5.93. The van der Waals surface area contributed by atoms with Gasteiger partial charge in [0.15, 0.2) is 5.69 Å². The molecule has 1 aromatic heterocycles. The lowest BCUT2D eigenvalue weighted by Gasteiger charge is -2.11. The van der Waals surface area contributed by atoms with Crippen LogP contribution in [0.5, 0.6) is 0 Å². The lowest BCUT2D eigenvalue weighted by molar-refractivity contribution is 0.0690. The number of aromatic nitrogens is 2. The Bertz CT molecular complexity index is 571. The van der Waals surface area contributed by atoms with E-state index >= 15 is 0 Å². The predicted molar refractivity (Wildman–Crippen MR) is 69.7 cm³/mol. The number of rotatable bonds is 6. The largest absolute Gasteiger partial charge is 0.477 e. The van der Waals surface area contributed by atoms with Crippen molar-refractivity contribution in [3.63, 3.8) is 0 Å². The van der Waals surface area contributed by atoms with Gasteiger partial charge in [0, 0.05) is 26.3 Å². The number of nitrogens with one attached hydrogen (secondary N) is 1. The van der Waals surface area contributed by atoms with Crippen molar-refractivity contribution in [2.75, 3.05) is 31.7 Å². The Kier molecular flexibility index (Phi) is 4.78. The maximum Gasteiger partial charge on any atom is 0.354 e. The summed E-state index contributed by atoms with van der Waals surface area (Å²) in [5.74, 6) is -1.18. The maximum atomic E-state index is 11.5. The summed E-state index contributed by atoms with van der Waals surface area (Å²) >= 11 is 0. The number of anilines is 1. The van der Waals surface area contributed by atoms with Crippen molar-refractivity contribution in [2.24, 2.45) is 0 Å². The average Bonchev–Trinajstić information content (AvgIpc) is 2.27. The highest BCUT2D eigenvalue weighted by molar-refractivity contribution is 7.89. The lowest BCUT2D eigenvalue weighted by atomic mass is 10.3. The van der Waals surface area contributed by atoms with Gasteiger partial charge < -0.3 is 10.4 Å². The van der Waals surface area contributed by atoms with Crippen LogP contribution in [0.3, 0.4) is 0 Å². The smallest absolute Gasteiger partial charge is 0.354 e. The maximum absolute atomic E-state index is 11.5. The molecule has 0 radical (unpaired) electrons. The zero-order chi connectivity index (χ0) is 14.6. The highest BCUT2D eigenvalue weighted by atomic mass is 32.2. The molecule has 1 aromatic rings. The number of nitrogens with zero attached hydrogens (tertiary/aromatic N) is 3. The van der Waals surface area contributed by atoms with E-state index in [0.29, 0.717) is 5.69 Å². The highest BCUT2D eigenvalue weighted by Gasteiger charge is 2.14. The number of carbonyl (C=O) groups is 1. The number of aryl methyl sites for hydroxylation is 1. The first-order chi connectivity index (χ1) is 8.72. The van der Waals surface area contributed by atoms with Crippen LogP contribution in [0, 0.1) is 6.92 Å². The van der Waals surface area contributed by atoms with Crippen molar-refractivity contribution in [3.8, 4) is 0 Å². The molecule has 106 valence electrons. The standard InChI is InChI=1S/C10H16N4O4S/c1-7-6-8(9(15)16)13-10(12-7)11-4-5-19(17,18)14(2)3/h6H,4-5H2,1-3H3,(H,15,16)(H,11,12,13). The van der Waals surface area contributed by atoms with E-state index in [1.54, 1.807) is 6.92 Å². The van der Waals surface area contributed by atoms with E-state index in [2.05, 4.69) is 15.3 Å². The lowest BCUT2D eigenvalue weighted by Crippen LogP contribution is -2.28. The fourth-order valence-electron chi connectivity index (χ4n) is 1.23. The van der Waals surface area contributed by atoms with Crippen LogP contribution in [0.1, 0.15) is 16.2 Å². The summed E-state index contributed by atoms with van der Waals surface area (Å²) in [4.78, 5) is 18.6. The van der Waals surface area contributed by atoms with Crippen LogP contribution in [0.15, 0.2) is 6.07 Å². The third-order valence-electron chi connectivity index (χ3n) is 2.27. The number of carboxylic acid groups (broad SMARTS) is 1. The molecule has 9 heteroatoms. The minimum Gasteiger partial charge on any atom is -0.477 e. The summed E-state index contributed by atoms with van der Waals surface area (Å²) in [5.41, 5.74) is 0.357. The third-order valence-corrected chi connectivity index (χ3v) is 4.11. The van der Waals surface area contributed by atoms with Crippen molar-refractivity contribution < 1.29 is 18.3 Å². The second-order valence-corrected chi connectivity index (χ2v) is 6.35. The van der Waals surface area contributed by atoms with Crippen LogP contribution in [0.2, 0.25) is 0 Å². The summed E-state index contributed by atoms with van der Waals surface area (Å²) in [6.07, 6.45) is 0. The molecule has 19 heavy (non-hydrogen) atoms. The predicted octanol–water partition coefficient (Wildman–Crippen LogP) is -0.213. The minimum absolute atomic E-state index is 0.100. The van der Waals surface area contributed by atoms with Gasteiger partial charge in [0.1, 0.15) is 0 Å². The summed E-state index contributed by atoms with van der Waals surface area (Å²) in [5, 5.41) is 11.5. The summed E-state index contributed by atoms with van der Waals surface area (Å²) < 4.78 is 24.1. The van der Waals surface area contributed by atoms with Crippen molar-refractivity contribution in [1.29, 1.82) is 0 Å². The molecule has 0 aliphatic rings. The third kappa shape index (κ3) is 4.45. The number of hydrogen-bond donors (Lipinski definition) is 2. The van der Waals surface area contributed by atoms with Crippen molar-refractivity contribution in [3.05, 3.63) is 17.5 Å². The molecule has 0 unspecified atom stereocenters. The average molecular weight is 288 g/mol. The minimum atomic E-state index is -3.31. The first-order valence-electron chi connectivity index (χ1n) is 5.45. The first kappa shape index (κ1) is 15.3. The van der Waals surface area contributed by atoms with Gasteiger partial charge in [-0.3, -0.25) is 0 Å². The van der Waals surface area contributed by atoms with E-state index in [-0.39, 0.29) is 23.9 Å². The topological polar surface area (TPSA) is 112 Å². The molecular weight excluding hydrogens is 272 g/mol. The molecule has 0 amide bonds. The van der Waals surface area contributed by atoms with Gasteiger partial charge in [-0.15, -0.1) is 0 Å². The zero-order valence-electron chi connectivity index (χ0n) is 10.9. The van der Waals surface area contributed by atoms with Gasteiger partial charge in [-0.25, -0.2) is 27.5 Å². The van der Waals surface area contributed by atoms with Crippen LogP contribution in [0.25, 0.3) is 0 Å². The molecule has 0 fully saturated rings. The van der Waals surface area contributed by atoms with Gasteiger partial charge in [-0.2, -0.15) is 0 Å². The molecule has 8 nitrogen and oxygen atoms in total. The Morgan fingerprint density at radius 1 is 1.42 bits per heavy atom. The second-order valence-electron chi connectivity index (χ2n) is 4.05. The Balaban J connectivity index is 2.71. The molecule has 0 spiro atoms. The fourth-order valence-corrected chi connectivity index (χ4v) is 1.96. The van der Waals surface area contributed by atoms with Gasteiger partial charge in [-0.05, 0) is 13.0 Å². The van der Waals surface area contributed by atoms with E-state index in [1.807, 2.05) is 0 Å². The van der Waals surface area contributed by atoms with Crippen LogP contribution >= 0.6 is 0 Å². The number of aromatic carboxylic acids is 1. The number of hydrogen-bond acceptors (Lipinski definition) is 6. The van der Waals surface area contributed by atoms with Crippen molar-refractivity contribution in [1.82, 2.24) is 14.3 Å². The SMILES string of the molecule is Cc1cc(C(=O)O)nc(NCCS(=O)(=O)N(C)C)n1. The monoisotopic (exact) mass is 288 g/mol. The Hall–Kier alpha value is -1.74. The number of sulfonamides is 1. The Labute approximate surface area is 111 Å². The quantitative estimate of drug-likeness (QED) is 0.744. The van der Waals surface area contributed by atoms with E-state index in [0.717, 1.165) is 4.31 Å². The first-order valence-corrected chi connectivity index (χ1v) is 7.06. The molecule has 0 atom stereocenters. The summed E-state index contributed by atoms with van der Waals surface area (Å²) in [7, 11) is -0.415. The van der Waals surface area contributed by atoms with Gasteiger partial charge in [-0.1, -0.05) is 0 Å².